The van der Waals surface area contributed by atoms with Gasteiger partial charge in [0.1, 0.15) is 0 Å². The quantitative estimate of drug-likeness (QED) is 0.434. The highest BCUT2D eigenvalue weighted by molar-refractivity contribution is 7.94. The van der Waals surface area contributed by atoms with Gasteiger partial charge in [-0.15, -0.1) is 0 Å². The van der Waals surface area contributed by atoms with Crippen LogP contribution in [0.25, 0.3) is 0 Å². The molecule has 0 aliphatic heterocycles. The highest BCUT2D eigenvalue weighted by Gasteiger charge is 2.03. The van der Waals surface area contributed by atoms with Crippen LogP contribution in [-0.4, -0.2) is 12.9 Å². The summed E-state index contributed by atoms with van der Waals surface area (Å²) in [5, 5.41) is 0. The molecule has 0 fully saturated rings. The van der Waals surface area contributed by atoms with E-state index in [1.54, 1.807) is 19.2 Å². The topological polar surface area (TPSA) is 9.23 Å². The second kappa shape index (κ2) is 8.41. The Balaban J connectivity index is 3.20. The molecule has 0 rings (SSSR count). The number of hydrogen-bond donors (Lipinski definition) is 0. The molecular weight excluding hydrogens is 156 g/mol. The van der Waals surface area contributed by atoms with Gasteiger partial charge in [-0.3, -0.25) is 0 Å². The van der Waals surface area contributed by atoms with Crippen LogP contribution in [-0.2, 0) is 4.18 Å². The van der Waals surface area contributed by atoms with Crippen molar-refractivity contribution in [2.75, 3.05) is 12.9 Å². The summed E-state index contributed by atoms with van der Waals surface area (Å²) in [6.07, 6.45) is 5.32. The van der Waals surface area contributed by atoms with Gasteiger partial charge in [0.05, 0.1) is 7.11 Å². The van der Waals surface area contributed by atoms with E-state index in [2.05, 4.69) is 13.8 Å². The fourth-order valence-corrected chi connectivity index (χ4v) is 1.86. The van der Waals surface area contributed by atoms with Crippen molar-refractivity contribution < 1.29 is 4.18 Å². The van der Waals surface area contributed by atoms with Crippen molar-refractivity contribution in [1.82, 2.24) is 0 Å². The van der Waals surface area contributed by atoms with Gasteiger partial charge in [0.2, 0.25) is 0 Å². The van der Waals surface area contributed by atoms with Crippen LogP contribution in [0.3, 0.4) is 0 Å². The van der Waals surface area contributed by atoms with E-state index in [0.717, 1.165) is 11.7 Å². The molecule has 0 saturated heterocycles. The first-order chi connectivity index (χ1) is 5.35. The summed E-state index contributed by atoms with van der Waals surface area (Å²) in [6.45, 7) is 4.53. The zero-order chi connectivity index (χ0) is 8.53. The van der Waals surface area contributed by atoms with Gasteiger partial charge in [-0.25, -0.2) is 0 Å². The van der Waals surface area contributed by atoms with Crippen molar-refractivity contribution in [3.63, 3.8) is 0 Å². The maximum Gasteiger partial charge on any atom is 0.0503 e. The molecule has 0 amide bonds. The van der Waals surface area contributed by atoms with Crippen molar-refractivity contribution in [3.05, 3.63) is 0 Å². The molecule has 0 aromatic rings. The van der Waals surface area contributed by atoms with Gasteiger partial charge in [-0.1, -0.05) is 33.1 Å². The smallest absolute Gasteiger partial charge is 0.0503 e. The molecule has 68 valence electrons. The summed E-state index contributed by atoms with van der Waals surface area (Å²) in [5.41, 5.74) is 0. The van der Waals surface area contributed by atoms with Crippen molar-refractivity contribution in [3.8, 4) is 0 Å². The predicted molar refractivity (Wildman–Crippen MR) is 52.8 cm³/mol. The average molecular weight is 176 g/mol. The van der Waals surface area contributed by atoms with Gasteiger partial charge < -0.3 is 4.18 Å². The maximum atomic E-state index is 4.93. The van der Waals surface area contributed by atoms with Crippen LogP contribution in [0, 0.1) is 5.92 Å². The normalized spacial score (nSPS) is 13.4. The van der Waals surface area contributed by atoms with E-state index in [0.29, 0.717) is 0 Å². The minimum Gasteiger partial charge on any atom is -0.319 e. The Morgan fingerprint density at radius 3 is 2.45 bits per heavy atom. The molecule has 0 aliphatic rings. The molecule has 0 saturated carbocycles. The zero-order valence-corrected chi connectivity index (χ0v) is 8.75. The molecule has 0 spiro atoms. The molecule has 0 bridgehead atoms. The van der Waals surface area contributed by atoms with Gasteiger partial charge in [0.15, 0.2) is 0 Å². The number of rotatable bonds is 7. The van der Waals surface area contributed by atoms with Crippen LogP contribution in [0.15, 0.2) is 0 Å². The SMILES string of the molecule is CCCC(CC)CCSOC. The third-order valence-corrected chi connectivity index (χ3v) is 2.64. The molecule has 0 radical (unpaired) electrons. The van der Waals surface area contributed by atoms with Crippen LogP contribution in [0.1, 0.15) is 39.5 Å². The second-order valence-electron chi connectivity index (χ2n) is 2.84. The predicted octanol–water partition coefficient (Wildman–Crippen LogP) is 3.50. The van der Waals surface area contributed by atoms with Gasteiger partial charge in [-0.05, 0) is 24.4 Å². The van der Waals surface area contributed by atoms with Crippen molar-refractivity contribution in [2.45, 2.75) is 39.5 Å². The monoisotopic (exact) mass is 176 g/mol. The van der Waals surface area contributed by atoms with Crippen LogP contribution in [0.4, 0.5) is 0 Å². The Labute approximate surface area is 75.1 Å². The molecule has 0 aliphatic carbocycles. The third-order valence-electron chi connectivity index (χ3n) is 2.00. The molecular formula is C9H20OS. The summed E-state index contributed by atoms with van der Waals surface area (Å²) in [6, 6.07) is 0. The first-order valence-electron chi connectivity index (χ1n) is 4.50. The van der Waals surface area contributed by atoms with E-state index in [9.17, 15) is 0 Å². The average Bonchev–Trinajstić information content (AvgIpc) is 2.03. The number of hydrogen-bond acceptors (Lipinski definition) is 2. The molecule has 0 aromatic heterocycles. The van der Waals surface area contributed by atoms with Gasteiger partial charge >= 0.3 is 0 Å². The lowest BCUT2D eigenvalue weighted by atomic mass is 9.98. The van der Waals surface area contributed by atoms with E-state index in [1.165, 1.54) is 25.7 Å². The second-order valence-corrected chi connectivity index (χ2v) is 3.82. The standard InChI is InChI=1S/C9H20OS/c1-4-6-9(5-2)7-8-11-10-3/h9H,4-8H2,1-3H3. The molecule has 1 unspecified atom stereocenters. The molecule has 0 N–H and O–H groups in total. The van der Waals surface area contributed by atoms with Gasteiger partial charge in [-0.2, -0.15) is 0 Å². The summed E-state index contributed by atoms with van der Waals surface area (Å²) in [5.74, 6) is 2.07. The highest BCUT2D eigenvalue weighted by Crippen LogP contribution is 2.17. The maximum absolute atomic E-state index is 4.93. The molecule has 0 heterocycles. The molecule has 0 aromatic carbocycles. The van der Waals surface area contributed by atoms with E-state index in [-0.39, 0.29) is 0 Å². The Kier molecular flexibility index (Phi) is 8.64. The molecule has 1 atom stereocenters. The van der Waals surface area contributed by atoms with Gasteiger partial charge in [0, 0.05) is 5.75 Å². The lowest BCUT2D eigenvalue weighted by molar-refractivity contribution is 0.444. The van der Waals surface area contributed by atoms with Crippen molar-refractivity contribution >= 4 is 12.0 Å². The van der Waals surface area contributed by atoms with E-state index < -0.39 is 0 Å². The molecule has 11 heavy (non-hydrogen) atoms. The molecule has 1 nitrogen and oxygen atoms in total. The minimum atomic E-state index is 0.919. The Bertz CT molecular complexity index is 76.0. The van der Waals surface area contributed by atoms with E-state index in [4.69, 9.17) is 4.18 Å². The van der Waals surface area contributed by atoms with Gasteiger partial charge in [0.25, 0.3) is 0 Å². The first kappa shape index (κ1) is 11.3. The Morgan fingerprint density at radius 1 is 1.27 bits per heavy atom. The summed E-state index contributed by atoms with van der Waals surface area (Å²) >= 11 is 1.58. The lowest BCUT2D eigenvalue weighted by Gasteiger charge is -2.11. The Morgan fingerprint density at radius 2 is 2.00 bits per heavy atom. The van der Waals surface area contributed by atoms with Crippen LogP contribution in [0.2, 0.25) is 0 Å². The lowest BCUT2D eigenvalue weighted by Crippen LogP contribution is -1.99. The van der Waals surface area contributed by atoms with Crippen molar-refractivity contribution in [1.29, 1.82) is 0 Å². The van der Waals surface area contributed by atoms with Crippen LogP contribution < -0.4 is 0 Å². The minimum absolute atomic E-state index is 0.919. The van der Waals surface area contributed by atoms with E-state index >= 15 is 0 Å². The summed E-state index contributed by atoms with van der Waals surface area (Å²) < 4.78 is 4.93. The fourth-order valence-electron chi connectivity index (χ4n) is 1.26. The highest BCUT2D eigenvalue weighted by atomic mass is 32.2. The summed E-state index contributed by atoms with van der Waals surface area (Å²) in [4.78, 5) is 0. The Hall–Kier alpha value is 0.310. The van der Waals surface area contributed by atoms with Crippen LogP contribution >= 0.6 is 12.0 Å². The van der Waals surface area contributed by atoms with E-state index in [1.807, 2.05) is 0 Å². The molecule has 2 heteroatoms. The summed E-state index contributed by atoms with van der Waals surface area (Å²) in [7, 11) is 1.74. The van der Waals surface area contributed by atoms with Crippen molar-refractivity contribution in [2.24, 2.45) is 5.92 Å². The van der Waals surface area contributed by atoms with Crippen LogP contribution in [0.5, 0.6) is 0 Å². The fraction of sp³-hybridized carbons (Fsp3) is 1.00. The third kappa shape index (κ3) is 6.70. The zero-order valence-electron chi connectivity index (χ0n) is 7.93. The largest absolute Gasteiger partial charge is 0.319 e. The first-order valence-corrected chi connectivity index (χ1v) is 5.41.